The van der Waals surface area contributed by atoms with Crippen LogP contribution in [0.4, 0.5) is 0 Å². The molecule has 2 rings (SSSR count). The van der Waals surface area contributed by atoms with E-state index in [1.54, 1.807) is 7.11 Å². The second-order valence-corrected chi connectivity index (χ2v) is 7.62. The van der Waals surface area contributed by atoms with Gasteiger partial charge in [-0.3, -0.25) is 0 Å². The molecule has 1 aliphatic carbocycles. The molecule has 2 unspecified atom stereocenters. The molecule has 0 aliphatic heterocycles. The predicted molar refractivity (Wildman–Crippen MR) is 92.9 cm³/mol. The van der Waals surface area contributed by atoms with Gasteiger partial charge in [0.2, 0.25) is 0 Å². The predicted octanol–water partition coefficient (Wildman–Crippen LogP) is 5.32. The van der Waals surface area contributed by atoms with Crippen LogP contribution in [0.5, 0.6) is 5.75 Å². The molecule has 21 heavy (non-hydrogen) atoms. The van der Waals surface area contributed by atoms with Crippen LogP contribution >= 0.6 is 15.9 Å². The molecule has 3 heteroatoms. The largest absolute Gasteiger partial charge is 0.497 e. The van der Waals surface area contributed by atoms with Crippen molar-refractivity contribution < 1.29 is 4.74 Å². The van der Waals surface area contributed by atoms with Crippen molar-refractivity contribution in [3.05, 3.63) is 28.2 Å². The first-order valence-electron chi connectivity index (χ1n) is 8.06. The molecule has 118 valence electrons. The minimum absolute atomic E-state index is 0.393. The van der Waals surface area contributed by atoms with Gasteiger partial charge < -0.3 is 10.1 Å². The summed E-state index contributed by atoms with van der Waals surface area (Å²) in [6.07, 6.45) is 5.35. The molecule has 0 heterocycles. The highest BCUT2D eigenvalue weighted by atomic mass is 79.9. The number of benzene rings is 1. The van der Waals surface area contributed by atoms with Crippen LogP contribution in [0.2, 0.25) is 0 Å². The van der Waals surface area contributed by atoms with Crippen molar-refractivity contribution in [3.8, 4) is 5.75 Å². The van der Waals surface area contributed by atoms with E-state index in [9.17, 15) is 0 Å². The number of halogens is 1. The first kappa shape index (κ1) is 16.8. The van der Waals surface area contributed by atoms with E-state index in [1.807, 2.05) is 0 Å². The zero-order valence-corrected chi connectivity index (χ0v) is 15.3. The lowest BCUT2D eigenvalue weighted by Gasteiger charge is -2.44. The van der Waals surface area contributed by atoms with Crippen molar-refractivity contribution in [1.29, 1.82) is 0 Å². The Morgan fingerprint density at radius 3 is 2.71 bits per heavy atom. The lowest BCUT2D eigenvalue weighted by atomic mass is 9.65. The van der Waals surface area contributed by atoms with Crippen LogP contribution in [-0.4, -0.2) is 13.7 Å². The Bertz CT molecular complexity index is 472. The standard InChI is InChI=1S/C18H28BrNO/c1-5-20-17(15-8-6-7-11-18(15,2)3)14-10-9-13(21-4)12-16(14)19/h9-10,12,15,17,20H,5-8,11H2,1-4H3. The van der Waals surface area contributed by atoms with Gasteiger partial charge >= 0.3 is 0 Å². The average molecular weight is 354 g/mol. The van der Waals surface area contributed by atoms with Crippen LogP contribution in [0.15, 0.2) is 22.7 Å². The minimum Gasteiger partial charge on any atom is -0.497 e. The van der Waals surface area contributed by atoms with Crippen LogP contribution in [0.3, 0.4) is 0 Å². The number of methoxy groups -OCH3 is 1. The van der Waals surface area contributed by atoms with Gasteiger partial charge in [0.25, 0.3) is 0 Å². The summed E-state index contributed by atoms with van der Waals surface area (Å²) in [7, 11) is 1.72. The molecule has 0 aromatic heterocycles. The van der Waals surface area contributed by atoms with Crippen molar-refractivity contribution in [3.63, 3.8) is 0 Å². The first-order valence-corrected chi connectivity index (χ1v) is 8.85. The maximum absolute atomic E-state index is 5.33. The molecule has 1 aromatic carbocycles. The zero-order chi connectivity index (χ0) is 15.5. The first-order chi connectivity index (χ1) is 9.99. The van der Waals surface area contributed by atoms with Gasteiger partial charge in [-0.05, 0) is 48.4 Å². The van der Waals surface area contributed by atoms with E-state index >= 15 is 0 Å². The second kappa shape index (κ2) is 7.15. The summed E-state index contributed by atoms with van der Waals surface area (Å²) in [5.41, 5.74) is 1.75. The smallest absolute Gasteiger partial charge is 0.120 e. The Morgan fingerprint density at radius 2 is 2.14 bits per heavy atom. The number of hydrogen-bond donors (Lipinski definition) is 1. The van der Waals surface area contributed by atoms with Gasteiger partial charge in [0.05, 0.1) is 7.11 Å². The van der Waals surface area contributed by atoms with E-state index in [0.717, 1.165) is 16.8 Å². The summed E-state index contributed by atoms with van der Waals surface area (Å²) in [4.78, 5) is 0. The number of rotatable bonds is 5. The lowest BCUT2D eigenvalue weighted by molar-refractivity contribution is 0.0986. The van der Waals surface area contributed by atoms with E-state index in [-0.39, 0.29) is 0 Å². The molecule has 2 nitrogen and oxygen atoms in total. The summed E-state index contributed by atoms with van der Waals surface area (Å²) in [5.74, 6) is 1.58. The van der Waals surface area contributed by atoms with Crippen molar-refractivity contribution in [2.75, 3.05) is 13.7 Å². The van der Waals surface area contributed by atoms with Crippen LogP contribution in [-0.2, 0) is 0 Å². The zero-order valence-electron chi connectivity index (χ0n) is 13.7. The fourth-order valence-corrected chi connectivity index (χ4v) is 4.32. The third-order valence-corrected chi connectivity index (χ3v) is 5.65. The third-order valence-electron chi connectivity index (χ3n) is 4.96. The van der Waals surface area contributed by atoms with E-state index < -0.39 is 0 Å². The molecule has 1 fully saturated rings. The van der Waals surface area contributed by atoms with Crippen LogP contribution < -0.4 is 10.1 Å². The normalized spacial score (nSPS) is 22.8. The number of ether oxygens (including phenoxy) is 1. The summed E-state index contributed by atoms with van der Waals surface area (Å²) in [6.45, 7) is 8.05. The SMILES string of the molecule is CCNC(c1ccc(OC)cc1Br)C1CCCCC1(C)C. The molecule has 0 radical (unpaired) electrons. The average Bonchev–Trinajstić information content (AvgIpc) is 2.45. The van der Waals surface area contributed by atoms with Gasteiger partial charge in [0.15, 0.2) is 0 Å². The van der Waals surface area contributed by atoms with Gasteiger partial charge in [-0.1, -0.05) is 55.6 Å². The van der Waals surface area contributed by atoms with Gasteiger partial charge in [-0.2, -0.15) is 0 Å². The summed E-state index contributed by atoms with van der Waals surface area (Å²) in [5, 5.41) is 3.73. The molecule has 1 aliphatic rings. The Morgan fingerprint density at radius 1 is 1.38 bits per heavy atom. The quantitative estimate of drug-likeness (QED) is 0.772. The van der Waals surface area contributed by atoms with E-state index in [2.05, 4.69) is 60.2 Å². The number of nitrogens with one attached hydrogen (secondary N) is 1. The van der Waals surface area contributed by atoms with Gasteiger partial charge in [-0.15, -0.1) is 0 Å². The Kier molecular flexibility index (Phi) is 5.73. The Balaban J connectivity index is 2.34. The van der Waals surface area contributed by atoms with Crippen molar-refractivity contribution >= 4 is 15.9 Å². The minimum atomic E-state index is 0.393. The highest BCUT2D eigenvalue weighted by molar-refractivity contribution is 9.10. The second-order valence-electron chi connectivity index (χ2n) is 6.76. The topological polar surface area (TPSA) is 21.3 Å². The highest BCUT2D eigenvalue weighted by Crippen LogP contribution is 2.48. The molecular weight excluding hydrogens is 326 g/mol. The molecule has 1 N–H and O–H groups in total. The van der Waals surface area contributed by atoms with Gasteiger partial charge in [-0.25, -0.2) is 0 Å². The number of hydrogen-bond acceptors (Lipinski definition) is 2. The maximum Gasteiger partial charge on any atom is 0.120 e. The van der Waals surface area contributed by atoms with E-state index in [1.165, 1.54) is 31.2 Å². The summed E-state index contributed by atoms with van der Waals surface area (Å²) < 4.78 is 6.47. The van der Waals surface area contributed by atoms with Gasteiger partial charge in [0.1, 0.15) is 5.75 Å². The molecule has 0 bridgehead atoms. The molecule has 1 saturated carbocycles. The molecule has 2 atom stereocenters. The van der Waals surface area contributed by atoms with Crippen molar-refractivity contribution in [2.24, 2.45) is 11.3 Å². The van der Waals surface area contributed by atoms with Crippen molar-refractivity contribution in [1.82, 2.24) is 5.32 Å². The Labute approximate surface area is 137 Å². The third kappa shape index (κ3) is 3.81. The molecule has 0 amide bonds. The van der Waals surface area contributed by atoms with Crippen LogP contribution in [0.1, 0.15) is 58.1 Å². The summed E-state index contributed by atoms with van der Waals surface area (Å²) in [6, 6.07) is 6.77. The lowest BCUT2D eigenvalue weighted by Crippen LogP contribution is -2.39. The van der Waals surface area contributed by atoms with Gasteiger partial charge in [0, 0.05) is 10.5 Å². The summed E-state index contributed by atoms with van der Waals surface area (Å²) >= 11 is 3.74. The fraction of sp³-hybridized carbons (Fsp3) is 0.667. The maximum atomic E-state index is 5.33. The Hall–Kier alpha value is -0.540. The van der Waals surface area contributed by atoms with E-state index in [4.69, 9.17) is 4.74 Å². The molecule has 0 spiro atoms. The van der Waals surface area contributed by atoms with Crippen LogP contribution in [0, 0.1) is 11.3 Å². The molecule has 0 saturated heterocycles. The highest BCUT2D eigenvalue weighted by Gasteiger charge is 2.38. The van der Waals surface area contributed by atoms with E-state index in [0.29, 0.717) is 17.4 Å². The molecular formula is C18H28BrNO. The fourth-order valence-electron chi connectivity index (χ4n) is 3.71. The van der Waals surface area contributed by atoms with Crippen molar-refractivity contribution in [2.45, 2.75) is 52.5 Å². The molecule has 1 aromatic rings. The monoisotopic (exact) mass is 353 g/mol. The van der Waals surface area contributed by atoms with Crippen LogP contribution in [0.25, 0.3) is 0 Å².